The van der Waals surface area contributed by atoms with Gasteiger partial charge >= 0.3 is 6.03 Å². The molecule has 2 amide bonds. The van der Waals surface area contributed by atoms with Gasteiger partial charge in [-0.3, -0.25) is 0 Å². The zero-order valence-corrected chi connectivity index (χ0v) is 14.3. The van der Waals surface area contributed by atoms with Crippen LogP contribution in [0.3, 0.4) is 0 Å². The molecule has 1 aliphatic rings. The monoisotopic (exact) mass is 311 g/mol. The minimum Gasteiger partial charge on any atom is -0.367 e. The highest BCUT2D eigenvalue weighted by Crippen LogP contribution is 2.37. The Hall–Kier alpha value is -1.14. The van der Waals surface area contributed by atoms with Gasteiger partial charge in [0, 0.05) is 11.1 Å². The van der Waals surface area contributed by atoms with Crippen molar-refractivity contribution in [3.05, 3.63) is 16.1 Å². The van der Waals surface area contributed by atoms with Crippen LogP contribution in [0.1, 0.15) is 50.9 Å². The number of carbonyl (C=O) groups excluding carboxylic acids is 1. The summed E-state index contributed by atoms with van der Waals surface area (Å²) >= 11 is 1.64. The second kappa shape index (κ2) is 5.93. The van der Waals surface area contributed by atoms with Crippen molar-refractivity contribution >= 4 is 17.4 Å². The van der Waals surface area contributed by atoms with Gasteiger partial charge in [0.1, 0.15) is 5.01 Å². The maximum absolute atomic E-state index is 12.0. The van der Waals surface area contributed by atoms with Crippen LogP contribution in [0.4, 0.5) is 4.79 Å². The van der Waals surface area contributed by atoms with Gasteiger partial charge in [-0.15, -0.1) is 11.3 Å². The summed E-state index contributed by atoms with van der Waals surface area (Å²) in [5, 5.41) is 6.82. The van der Waals surface area contributed by atoms with Crippen molar-refractivity contribution in [1.82, 2.24) is 15.6 Å². The van der Waals surface area contributed by atoms with Crippen LogP contribution in [0.5, 0.6) is 0 Å². The number of rotatable bonds is 4. The lowest BCUT2D eigenvalue weighted by Gasteiger charge is -2.27. The molecule has 1 atom stereocenters. The number of ether oxygens (including phenoxy) is 1. The molecule has 0 aromatic carbocycles. The highest BCUT2D eigenvalue weighted by molar-refractivity contribution is 7.11. The molecule has 1 fully saturated rings. The molecule has 1 aromatic rings. The van der Waals surface area contributed by atoms with Crippen molar-refractivity contribution in [2.75, 3.05) is 0 Å². The van der Waals surface area contributed by atoms with Crippen molar-refractivity contribution < 1.29 is 9.53 Å². The van der Waals surface area contributed by atoms with Crippen molar-refractivity contribution in [3.63, 3.8) is 0 Å². The van der Waals surface area contributed by atoms with Gasteiger partial charge in [-0.05, 0) is 40.5 Å². The average Bonchev–Trinajstić information content (AvgIpc) is 2.89. The topological polar surface area (TPSA) is 63.2 Å². The SMILES string of the molecule is CCc1cnc(CNC(=O)N[C@@H]2CC(C)(C)OC2(C)C)s1. The zero-order valence-electron chi connectivity index (χ0n) is 13.4. The minimum atomic E-state index is -0.350. The lowest BCUT2D eigenvalue weighted by Crippen LogP contribution is -2.49. The first-order chi connectivity index (χ1) is 9.72. The first-order valence-electron chi connectivity index (χ1n) is 7.40. The molecule has 1 aromatic heterocycles. The van der Waals surface area contributed by atoms with E-state index in [4.69, 9.17) is 4.74 Å². The second-order valence-corrected chi connectivity index (χ2v) is 7.82. The quantitative estimate of drug-likeness (QED) is 0.899. The van der Waals surface area contributed by atoms with E-state index in [1.807, 2.05) is 20.0 Å². The van der Waals surface area contributed by atoms with E-state index in [-0.39, 0.29) is 23.3 Å². The number of nitrogens with one attached hydrogen (secondary N) is 2. The van der Waals surface area contributed by atoms with E-state index in [0.717, 1.165) is 17.8 Å². The standard InChI is InChI=1S/C15H25N3O2S/c1-6-10-8-16-12(21-10)9-17-13(19)18-11-7-14(2,3)20-15(11,4)5/h8,11H,6-7,9H2,1-5H3,(H2,17,18,19)/t11-/m1/s1. The molecule has 6 heteroatoms. The minimum absolute atomic E-state index is 0.00926. The average molecular weight is 311 g/mol. The number of hydrogen-bond acceptors (Lipinski definition) is 4. The molecule has 1 saturated heterocycles. The fraction of sp³-hybridized carbons (Fsp3) is 0.733. The molecule has 2 heterocycles. The normalized spacial score (nSPS) is 23.0. The van der Waals surface area contributed by atoms with Crippen molar-refractivity contribution in [2.45, 2.75) is 71.2 Å². The summed E-state index contributed by atoms with van der Waals surface area (Å²) in [7, 11) is 0. The Morgan fingerprint density at radius 2 is 2.19 bits per heavy atom. The predicted octanol–water partition coefficient (Wildman–Crippen LogP) is 2.85. The molecule has 2 N–H and O–H groups in total. The Morgan fingerprint density at radius 1 is 1.48 bits per heavy atom. The summed E-state index contributed by atoms with van der Waals surface area (Å²) < 4.78 is 5.98. The van der Waals surface area contributed by atoms with Crippen LogP contribution in [-0.4, -0.2) is 28.3 Å². The van der Waals surface area contributed by atoms with E-state index in [9.17, 15) is 4.79 Å². The van der Waals surface area contributed by atoms with Crippen LogP contribution in [0, 0.1) is 0 Å². The molecule has 0 aliphatic carbocycles. The highest BCUT2D eigenvalue weighted by Gasteiger charge is 2.46. The Bertz CT molecular complexity index is 511. The van der Waals surface area contributed by atoms with Gasteiger partial charge in [0.2, 0.25) is 0 Å². The van der Waals surface area contributed by atoms with E-state index >= 15 is 0 Å². The molecule has 1 aliphatic heterocycles. The third kappa shape index (κ3) is 4.17. The fourth-order valence-electron chi connectivity index (χ4n) is 2.75. The van der Waals surface area contributed by atoms with Gasteiger partial charge in [0.25, 0.3) is 0 Å². The number of carbonyl (C=O) groups is 1. The summed E-state index contributed by atoms with van der Waals surface area (Å²) in [4.78, 5) is 17.6. The molecule has 0 bridgehead atoms. The molecule has 0 radical (unpaired) electrons. The van der Waals surface area contributed by atoms with Gasteiger partial charge in [-0.25, -0.2) is 9.78 Å². The number of nitrogens with zero attached hydrogens (tertiary/aromatic N) is 1. The first-order valence-corrected chi connectivity index (χ1v) is 8.21. The number of urea groups is 1. The summed E-state index contributed by atoms with van der Waals surface area (Å²) in [5.41, 5.74) is -0.551. The number of aryl methyl sites for hydroxylation is 1. The van der Waals surface area contributed by atoms with E-state index in [1.165, 1.54) is 4.88 Å². The summed E-state index contributed by atoms with van der Waals surface area (Å²) in [6.45, 7) is 10.7. The largest absolute Gasteiger partial charge is 0.367 e. The lowest BCUT2D eigenvalue weighted by molar-refractivity contribution is -0.0690. The maximum Gasteiger partial charge on any atom is 0.315 e. The lowest BCUT2D eigenvalue weighted by atomic mass is 9.95. The van der Waals surface area contributed by atoms with Crippen molar-refractivity contribution in [3.8, 4) is 0 Å². The molecule has 0 saturated carbocycles. The van der Waals surface area contributed by atoms with Gasteiger partial charge in [-0.1, -0.05) is 6.92 Å². The molecular weight excluding hydrogens is 286 g/mol. The number of hydrogen-bond donors (Lipinski definition) is 2. The molecule has 21 heavy (non-hydrogen) atoms. The fourth-order valence-corrected chi connectivity index (χ4v) is 3.55. The van der Waals surface area contributed by atoms with Crippen LogP contribution < -0.4 is 10.6 Å². The third-order valence-electron chi connectivity index (χ3n) is 3.73. The Labute approximate surface area is 130 Å². The van der Waals surface area contributed by atoms with Crippen LogP contribution >= 0.6 is 11.3 Å². The van der Waals surface area contributed by atoms with E-state index in [2.05, 4.69) is 36.4 Å². The maximum atomic E-state index is 12.0. The van der Waals surface area contributed by atoms with Gasteiger partial charge in [0.05, 0.1) is 23.8 Å². The molecular formula is C15H25N3O2S. The van der Waals surface area contributed by atoms with Crippen molar-refractivity contribution in [2.24, 2.45) is 0 Å². The third-order valence-corrected chi connectivity index (χ3v) is 4.87. The van der Waals surface area contributed by atoms with E-state index in [1.54, 1.807) is 11.3 Å². The van der Waals surface area contributed by atoms with E-state index < -0.39 is 0 Å². The predicted molar refractivity (Wildman–Crippen MR) is 84.5 cm³/mol. The van der Waals surface area contributed by atoms with Crippen molar-refractivity contribution in [1.29, 1.82) is 0 Å². The molecule has 0 unspecified atom stereocenters. The van der Waals surface area contributed by atoms with Gasteiger partial charge in [0.15, 0.2) is 0 Å². The molecule has 0 spiro atoms. The van der Waals surface area contributed by atoms with Crippen LogP contribution in [0.2, 0.25) is 0 Å². The molecule has 5 nitrogen and oxygen atoms in total. The number of thiazole rings is 1. The van der Waals surface area contributed by atoms with Gasteiger partial charge < -0.3 is 15.4 Å². The highest BCUT2D eigenvalue weighted by atomic mass is 32.1. The Morgan fingerprint density at radius 3 is 2.71 bits per heavy atom. The first kappa shape index (κ1) is 16.2. The second-order valence-electron chi connectivity index (χ2n) is 6.62. The summed E-state index contributed by atoms with van der Waals surface area (Å²) in [5.74, 6) is 0. The Kier molecular flexibility index (Phi) is 4.58. The molecule has 2 rings (SSSR count). The Balaban J connectivity index is 1.84. The van der Waals surface area contributed by atoms with Gasteiger partial charge in [-0.2, -0.15) is 0 Å². The zero-order chi connectivity index (χ0) is 15.7. The van der Waals surface area contributed by atoms with Crippen LogP contribution in [0.15, 0.2) is 6.20 Å². The summed E-state index contributed by atoms with van der Waals surface area (Å²) in [6.07, 6.45) is 3.66. The number of aromatic nitrogens is 1. The van der Waals surface area contributed by atoms with Crippen LogP contribution in [0.25, 0.3) is 0 Å². The number of amides is 2. The smallest absolute Gasteiger partial charge is 0.315 e. The van der Waals surface area contributed by atoms with E-state index in [0.29, 0.717) is 6.54 Å². The molecule has 118 valence electrons. The van der Waals surface area contributed by atoms with Crippen LogP contribution in [-0.2, 0) is 17.7 Å². The summed E-state index contributed by atoms with van der Waals surface area (Å²) in [6, 6.07) is -0.155.